The van der Waals surface area contributed by atoms with Crippen molar-refractivity contribution in [3.05, 3.63) is 121 Å². The summed E-state index contributed by atoms with van der Waals surface area (Å²) in [5, 5.41) is 12.9. The molecule has 0 saturated heterocycles. The molecule has 5 aromatic carbocycles. The van der Waals surface area contributed by atoms with E-state index < -0.39 is 11.2 Å². The monoisotopic (exact) mass is 498 g/mol. The molecule has 1 radical (unpaired) electrons. The smallest absolute Gasteiger partial charge is 0.330 e. The maximum absolute atomic E-state index is 10.4. The van der Waals surface area contributed by atoms with Crippen molar-refractivity contribution in [2.75, 3.05) is 4.90 Å². The van der Waals surface area contributed by atoms with Gasteiger partial charge in [-0.3, -0.25) is 0 Å². The van der Waals surface area contributed by atoms with Crippen molar-refractivity contribution in [2.45, 2.75) is 38.9 Å². The molecular formula is C34H33BNO2. The van der Waals surface area contributed by atoms with E-state index in [0.29, 0.717) is 0 Å². The number of benzene rings is 5. The molecule has 0 aliphatic carbocycles. The van der Waals surface area contributed by atoms with Gasteiger partial charge in [-0.1, -0.05) is 84.3 Å². The van der Waals surface area contributed by atoms with Crippen LogP contribution in [0.4, 0.5) is 17.1 Å². The fourth-order valence-electron chi connectivity index (χ4n) is 4.26. The summed E-state index contributed by atoms with van der Waals surface area (Å²) in [5.41, 5.74) is 4.86. The quantitative estimate of drug-likeness (QED) is 0.222. The van der Waals surface area contributed by atoms with Crippen LogP contribution in [0.1, 0.15) is 27.7 Å². The molecule has 0 aliphatic heterocycles. The number of rotatable bonds is 8. The maximum atomic E-state index is 10.4. The highest BCUT2D eigenvalue weighted by Gasteiger charge is 2.35. The van der Waals surface area contributed by atoms with Crippen LogP contribution in [0, 0.1) is 0 Å². The summed E-state index contributed by atoms with van der Waals surface area (Å²) < 4.78 is 5.94. The molecule has 189 valence electrons. The molecule has 0 fully saturated rings. The highest BCUT2D eigenvalue weighted by molar-refractivity contribution is 6.47. The average Bonchev–Trinajstić information content (AvgIpc) is 2.93. The standard InChI is InChI=1S/C34H33BNO2/c1-33(2,37)34(3,4)38-35-29-18-22-32(23-19-29)36(30-12-6-5-7-13-30)31-20-16-26(17-21-31)28-15-14-25-10-8-9-11-27(25)24-28/h5-24,37H,1-4H3. The van der Waals surface area contributed by atoms with Gasteiger partial charge in [-0.05, 0) is 92.1 Å². The normalized spacial score (nSPS) is 11.9. The van der Waals surface area contributed by atoms with Crippen molar-refractivity contribution in [1.29, 1.82) is 0 Å². The van der Waals surface area contributed by atoms with E-state index in [0.717, 1.165) is 22.5 Å². The molecule has 1 N–H and O–H groups in total. The molecule has 0 spiro atoms. The zero-order valence-electron chi connectivity index (χ0n) is 22.4. The van der Waals surface area contributed by atoms with Gasteiger partial charge in [0.25, 0.3) is 0 Å². The number of para-hydroxylation sites is 1. The Kier molecular flexibility index (Phi) is 7.12. The van der Waals surface area contributed by atoms with Crippen molar-refractivity contribution >= 4 is 40.8 Å². The van der Waals surface area contributed by atoms with Crippen molar-refractivity contribution in [3.63, 3.8) is 0 Å². The molecule has 0 aromatic heterocycles. The van der Waals surface area contributed by atoms with Gasteiger partial charge in [0.05, 0.1) is 11.2 Å². The Morgan fingerprint density at radius 1 is 0.579 bits per heavy atom. The fraction of sp³-hybridized carbons (Fsp3) is 0.176. The first kappa shape index (κ1) is 25.8. The predicted octanol–water partition coefficient (Wildman–Crippen LogP) is 7.79. The van der Waals surface area contributed by atoms with Crippen molar-refractivity contribution in [3.8, 4) is 11.1 Å². The number of nitrogens with zero attached hydrogens (tertiary/aromatic N) is 1. The second kappa shape index (κ2) is 10.5. The summed E-state index contributed by atoms with van der Waals surface area (Å²) in [6.07, 6.45) is 0. The molecule has 0 heterocycles. The summed E-state index contributed by atoms with van der Waals surface area (Å²) in [4.78, 5) is 2.25. The van der Waals surface area contributed by atoms with Gasteiger partial charge in [0, 0.05) is 17.1 Å². The molecule has 0 aliphatic rings. The third-order valence-corrected chi connectivity index (χ3v) is 7.34. The van der Waals surface area contributed by atoms with E-state index in [-0.39, 0.29) is 0 Å². The highest BCUT2D eigenvalue weighted by Crippen LogP contribution is 2.35. The van der Waals surface area contributed by atoms with Gasteiger partial charge in [0.15, 0.2) is 0 Å². The Morgan fingerprint density at radius 3 is 1.74 bits per heavy atom. The third kappa shape index (κ3) is 5.52. The lowest BCUT2D eigenvalue weighted by Gasteiger charge is -2.37. The number of anilines is 3. The fourth-order valence-corrected chi connectivity index (χ4v) is 4.26. The summed E-state index contributed by atoms with van der Waals surface area (Å²) in [5.74, 6) is 0. The average molecular weight is 498 g/mol. The summed E-state index contributed by atoms with van der Waals surface area (Å²) >= 11 is 0. The Balaban J connectivity index is 1.42. The van der Waals surface area contributed by atoms with E-state index in [1.165, 1.54) is 21.9 Å². The van der Waals surface area contributed by atoms with E-state index in [2.05, 4.69) is 108 Å². The maximum Gasteiger partial charge on any atom is 0.330 e. The Labute approximate surface area is 226 Å². The second-order valence-corrected chi connectivity index (χ2v) is 10.7. The van der Waals surface area contributed by atoms with Crippen LogP contribution < -0.4 is 10.4 Å². The van der Waals surface area contributed by atoms with E-state index in [1.54, 1.807) is 21.3 Å². The van der Waals surface area contributed by atoms with Gasteiger partial charge in [-0.15, -0.1) is 0 Å². The summed E-state index contributed by atoms with van der Waals surface area (Å²) in [6.45, 7) is 7.28. The predicted molar refractivity (Wildman–Crippen MR) is 161 cm³/mol. The Morgan fingerprint density at radius 2 is 1.11 bits per heavy atom. The zero-order chi connectivity index (χ0) is 26.8. The van der Waals surface area contributed by atoms with Gasteiger partial charge in [-0.2, -0.15) is 0 Å². The molecule has 5 rings (SSSR count). The molecule has 0 unspecified atom stereocenters. The Hall–Kier alpha value is -3.86. The molecular weight excluding hydrogens is 465 g/mol. The molecule has 3 nitrogen and oxygen atoms in total. The summed E-state index contributed by atoms with van der Waals surface area (Å²) in [6, 6.07) is 42.4. The lowest BCUT2D eigenvalue weighted by Crippen LogP contribution is -2.49. The van der Waals surface area contributed by atoms with E-state index in [4.69, 9.17) is 4.65 Å². The third-order valence-electron chi connectivity index (χ3n) is 7.34. The number of fused-ring (bicyclic) bond motifs is 1. The summed E-state index contributed by atoms with van der Waals surface area (Å²) in [7, 11) is 1.72. The van der Waals surface area contributed by atoms with Gasteiger partial charge < -0.3 is 14.7 Å². The van der Waals surface area contributed by atoms with Gasteiger partial charge >= 0.3 is 7.48 Å². The van der Waals surface area contributed by atoms with Crippen molar-refractivity contribution in [2.24, 2.45) is 0 Å². The Bertz CT molecular complexity index is 1510. The van der Waals surface area contributed by atoms with Crippen molar-refractivity contribution in [1.82, 2.24) is 0 Å². The lowest BCUT2D eigenvalue weighted by atomic mass is 9.82. The first-order chi connectivity index (χ1) is 18.2. The number of hydrogen-bond acceptors (Lipinski definition) is 3. The van der Waals surface area contributed by atoms with Gasteiger partial charge in [-0.25, -0.2) is 0 Å². The van der Waals surface area contributed by atoms with Crippen LogP contribution in [0.25, 0.3) is 21.9 Å². The lowest BCUT2D eigenvalue weighted by molar-refractivity contribution is -0.0893. The highest BCUT2D eigenvalue weighted by atomic mass is 16.5. The SMILES string of the molecule is CC(C)(O)C(C)(C)O[B]c1ccc(N(c2ccccc2)c2ccc(-c3ccc4ccccc4c3)cc2)cc1. The van der Waals surface area contributed by atoms with E-state index in [9.17, 15) is 5.11 Å². The zero-order valence-corrected chi connectivity index (χ0v) is 22.4. The molecule has 0 atom stereocenters. The largest absolute Gasteiger partial charge is 0.427 e. The van der Waals surface area contributed by atoms with E-state index >= 15 is 0 Å². The molecule has 0 bridgehead atoms. The number of aliphatic hydroxyl groups is 1. The van der Waals surface area contributed by atoms with Crippen LogP contribution in [0.15, 0.2) is 121 Å². The number of hydrogen-bond donors (Lipinski definition) is 1. The van der Waals surface area contributed by atoms with Crippen molar-refractivity contribution < 1.29 is 9.76 Å². The molecule has 5 aromatic rings. The topological polar surface area (TPSA) is 32.7 Å². The van der Waals surface area contributed by atoms with Crippen LogP contribution >= 0.6 is 0 Å². The second-order valence-electron chi connectivity index (χ2n) is 10.7. The molecule has 0 amide bonds. The van der Waals surface area contributed by atoms with E-state index in [1.807, 2.05) is 32.0 Å². The van der Waals surface area contributed by atoms with Crippen LogP contribution in [0.3, 0.4) is 0 Å². The first-order valence-corrected chi connectivity index (χ1v) is 13.0. The van der Waals surface area contributed by atoms with Gasteiger partial charge in [0.1, 0.15) is 0 Å². The van der Waals surface area contributed by atoms with Crippen LogP contribution in [-0.2, 0) is 4.65 Å². The minimum atomic E-state index is -0.966. The van der Waals surface area contributed by atoms with Crippen LogP contribution in [-0.4, -0.2) is 23.8 Å². The molecule has 4 heteroatoms. The van der Waals surface area contributed by atoms with Crippen LogP contribution in [0.2, 0.25) is 0 Å². The minimum absolute atomic E-state index is 0.714. The van der Waals surface area contributed by atoms with Gasteiger partial charge in [0.2, 0.25) is 0 Å². The first-order valence-electron chi connectivity index (χ1n) is 13.0. The molecule has 0 saturated carbocycles. The minimum Gasteiger partial charge on any atom is -0.427 e. The van der Waals surface area contributed by atoms with Crippen LogP contribution in [0.5, 0.6) is 0 Å². The molecule has 38 heavy (non-hydrogen) atoms.